The molecule has 2 rings (SSSR count). The van der Waals surface area contributed by atoms with E-state index in [1.165, 1.54) is 5.56 Å². The minimum Gasteiger partial charge on any atom is -0.444 e. The molecule has 1 aliphatic heterocycles. The third-order valence-electron chi connectivity index (χ3n) is 4.02. The van der Waals surface area contributed by atoms with Gasteiger partial charge in [0, 0.05) is 29.8 Å². The van der Waals surface area contributed by atoms with Crippen molar-refractivity contribution in [2.45, 2.75) is 46.1 Å². The highest BCUT2D eigenvalue weighted by Crippen LogP contribution is 2.23. The van der Waals surface area contributed by atoms with Crippen LogP contribution in [0.2, 0.25) is 0 Å². The van der Waals surface area contributed by atoms with Gasteiger partial charge in [0.1, 0.15) is 5.60 Å². The number of hydrogen-bond donors (Lipinski definition) is 1. The average Bonchev–Trinajstić information content (AvgIpc) is 2.47. The zero-order valence-corrected chi connectivity index (χ0v) is 16.1. The first-order chi connectivity index (χ1) is 10.7. The minimum absolute atomic E-state index is 0.188. The van der Waals surface area contributed by atoms with Crippen molar-refractivity contribution in [3.63, 3.8) is 0 Å². The Labute approximate surface area is 147 Å². The molecule has 23 heavy (non-hydrogen) atoms. The maximum atomic E-state index is 12.1. The van der Waals surface area contributed by atoms with Gasteiger partial charge in [-0.25, -0.2) is 4.79 Å². The molecule has 1 amide bonds. The summed E-state index contributed by atoms with van der Waals surface area (Å²) < 4.78 is 6.57. The van der Waals surface area contributed by atoms with E-state index in [-0.39, 0.29) is 6.09 Å². The smallest absolute Gasteiger partial charge is 0.410 e. The number of likely N-dealkylation sites (tertiary alicyclic amines) is 1. The number of hydrogen-bond acceptors (Lipinski definition) is 3. The van der Waals surface area contributed by atoms with Gasteiger partial charge in [0.25, 0.3) is 0 Å². The van der Waals surface area contributed by atoms with Gasteiger partial charge in [-0.2, -0.15) is 0 Å². The summed E-state index contributed by atoms with van der Waals surface area (Å²) in [6, 6.07) is 6.32. The molecule has 0 aliphatic carbocycles. The summed E-state index contributed by atoms with van der Waals surface area (Å²) in [5, 5.41) is 3.51. The van der Waals surface area contributed by atoms with Crippen molar-refractivity contribution < 1.29 is 9.53 Å². The van der Waals surface area contributed by atoms with E-state index in [2.05, 4.69) is 46.4 Å². The number of benzene rings is 1. The number of anilines is 1. The Kier molecular flexibility index (Phi) is 5.95. The number of ether oxygens (including phenoxy) is 1. The van der Waals surface area contributed by atoms with Gasteiger partial charge in [-0.1, -0.05) is 15.9 Å². The quantitative estimate of drug-likeness (QED) is 0.814. The van der Waals surface area contributed by atoms with E-state index in [1.54, 1.807) is 0 Å². The summed E-state index contributed by atoms with van der Waals surface area (Å²) in [7, 11) is 0. The first-order valence-electron chi connectivity index (χ1n) is 8.22. The van der Waals surface area contributed by atoms with Crippen LogP contribution in [-0.2, 0) is 4.74 Å². The van der Waals surface area contributed by atoms with Crippen molar-refractivity contribution in [2.75, 3.05) is 25.0 Å². The van der Waals surface area contributed by atoms with Crippen LogP contribution in [0.4, 0.5) is 10.5 Å². The van der Waals surface area contributed by atoms with Crippen LogP contribution in [0, 0.1) is 12.8 Å². The van der Waals surface area contributed by atoms with Crippen molar-refractivity contribution in [1.82, 2.24) is 4.90 Å². The fourth-order valence-corrected chi connectivity index (χ4v) is 2.91. The Bertz CT molecular complexity index is 546. The van der Waals surface area contributed by atoms with E-state index < -0.39 is 5.60 Å². The summed E-state index contributed by atoms with van der Waals surface area (Å²) in [5.41, 5.74) is 1.96. The van der Waals surface area contributed by atoms with Gasteiger partial charge < -0.3 is 15.0 Å². The van der Waals surface area contributed by atoms with Crippen LogP contribution < -0.4 is 5.32 Å². The molecule has 0 bridgehead atoms. The monoisotopic (exact) mass is 382 g/mol. The summed E-state index contributed by atoms with van der Waals surface area (Å²) >= 11 is 3.52. The topological polar surface area (TPSA) is 41.6 Å². The molecule has 0 unspecified atom stereocenters. The average molecular weight is 383 g/mol. The van der Waals surface area contributed by atoms with Gasteiger partial charge >= 0.3 is 6.09 Å². The van der Waals surface area contributed by atoms with E-state index in [1.807, 2.05) is 25.7 Å². The standard InChI is InChI=1S/C18H27BrN2O2/c1-13-11-15(5-6-16(13)19)20-12-14-7-9-21(10-8-14)17(22)23-18(2,3)4/h5-6,11,14,20H,7-10,12H2,1-4H3. The maximum absolute atomic E-state index is 12.1. The molecule has 1 aromatic rings. The van der Waals surface area contributed by atoms with E-state index in [0.717, 1.165) is 42.6 Å². The number of carbonyl (C=O) groups excluding carboxylic acids is 1. The second-order valence-electron chi connectivity index (χ2n) is 7.26. The van der Waals surface area contributed by atoms with Crippen molar-refractivity contribution in [2.24, 2.45) is 5.92 Å². The number of piperidine rings is 1. The summed E-state index contributed by atoms with van der Waals surface area (Å²) in [4.78, 5) is 13.9. The molecule has 1 aromatic carbocycles. The zero-order chi connectivity index (χ0) is 17.0. The Morgan fingerprint density at radius 1 is 1.35 bits per heavy atom. The number of rotatable bonds is 3. The fourth-order valence-electron chi connectivity index (χ4n) is 2.66. The summed E-state index contributed by atoms with van der Waals surface area (Å²) in [6.45, 7) is 10.3. The van der Waals surface area contributed by atoms with Crippen LogP contribution in [-0.4, -0.2) is 36.2 Å². The number of halogens is 1. The predicted octanol–water partition coefficient (Wildman–Crippen LogP) is 4.82. The molecule has 0 aromatic heterocycles. The Morgan fingerprint density at radius 2 is 2.00 bits per heavy atom. The van der Waals surface area contributed by atoms with Gasteiger partial charge in [-0.05, 0) is 70.2 Å². The zero-order valence-electron chi connectivity index (χ0n) is 14.5. The maximum Gasteiger partial charge on any atom is 0.410 e. The van der Waals surface area contributed by atoms with Crippen LogP contribution in [0.1, 0.15) is 39.2 Å². The number of amides is 1. The third-order valence-corrected chi connectivity index (χ3v) is 4.91. The highest BCUT2D eigenvalue weighted by Gasteiger charge is 2.26. The van der Waals surface area contributed by atoms with Crippen LogP contribution in [0.15, 0.2) is 22.7 Å². The molecule has 1 N–H and O–H groups in total. The molecule has 0 radical (unpaired) electrons. The Morgan fingerprint density at radius 3 is 2.57 bits per heavy atom. The first-order valence-corrected chi connectivity index (χ1v) is 9.02. The van der Waals surface area contributed by atoms with Crippen molar-refractivity contribution >= 4 is 27.7 Å². The Balaban J connectivity index is 1.76. The van der Waals surface area contributed by atoms with Gasteiger partial charge in [0.2, 0.25) is 0 Å². The molecule has 0 atom stereocenters. The number of aryl methyl sites for hydroxylation is 1. The molecule has 1 heterocycles. The van der Waals surface area contributed by atoms with Gasteiger partial charge in [-0.3, -0.25) is 0 Å². The van der Waals surface area contributed by atoms with E-state index in [4.69, 9.17) is 4.74 Å². The molecule has 1 saturated heterocycles. The molecule has 0 saturated carbocycles. The largest absolute Gasteiger partial charge is 0.444 e. The molecule has 0 spiro atoms. The lowest BCUT2D eigenvalue weighted by Gasteiger charge is -2.33. The van der Waals surface area contributed by atoms with Crippen LogP contribution in [0.25, 0.3) is 0 Å². The number of nitrogens with one attached hydrogen (secondary N) is 1. The summed E-state index contributed by atoms with van der Waals surface area (Å²) in [6.07, 6.45) is 1.84. The number of nitrogens with zero attached hydrogens (tertiary/aromatic N) is 1. The third kappa shape index (κ3) is 5.72. The molecular formula is C18H27BrN2O2. The van der Waals surface area contributed by atoms with Crippen molar-refractivity contribution in [1.29, 1.82) is 0 Å². The second-order valence-corrected chi connectivity index (χ2v) is 8.11. The normalized spacial score (nSPS) is 16.3. The first kappa shape index (κ1) is 18.1. The van der Waals surface area contributed by atoms with Gasteiger partial charge in [0.15, 0.2) is 0 Å². The molecule has 1 fully saturated rings. The molecule has 5 heteroatoms. The lowest BCUT2D eigenvalue weighted by molar-refractivity contribution is 0.0188. The SMILES string of the molecule is Cc1cc(NCC2CCN(C(=O)OC(C)(C)C)CC2)ccc1Br. The highest BCUT2D eigenvalue weighted by atomic mass is 79.9. The van der Waals surface area contributed by atoms with Crippen LogP contribution >= 0.6 is 15.9 Å². The van der Waals surface area contributed by atoms with Crippen molar-refractivity contribution in [3.8, 4) is 0 Å². The molecule has 4 nitrogen and oxygen atoms in total. The lowest BCUT2D eigenvalue weighted by Crippen LogP contribution is -2.42. The van der Waals surface area contributed by atoms with E-state index in [9.17, 15) is 4.79 Å². The molecule has 1 aliphatic rings. The second kappa shape index (κ2) is 7.56. The lowest BCUT2D eigenvalue weighted by atomic mass is 9.97. The number of carbonyl (C=O) groups is 1. The van der Waals surface area contributed by atoms with E-state index in [0.29, 0.717) is 5.92 Å². The van der Waals surface area contributed by atoms with Crippen molar-refractivity contribution in [3.05, 3.63) is 28.2 Å². The highest BCUT2D eigenvalue weighted by molar-refractivity contribution is 9.10. The predicted molar refractivity (Wildman–Crippen MR) is 97.9 cm³/mol. The molecule has 128 valence electrons. The fraction of sp³-hybridized carbons (Fsp3) is 0.611. The Hall–Kier alpha value is -1.23. The van der Waals surface area contributed by atoms with Gasteiger partial charge in [0.05, 0.1) is 0 Å². The molecular weight excluding hydrogens is 356 g/mol. The summed E-state index contributed by atoms with van der Waals surface area (Å²) in [5.74, 6) is 0.595. The van der Waals surface area contributed by atoms with E-state index >= 15 is 0 Å². The van der Waals surface area contributed by atoms with Crippen LogP contribution in [0.5, 0.6) is 0 Å². The minimum atomic E-state index is -0.422. The van der Waals surface area contributed by atoms with Gasteiger partial charge in [-0.15, -0.1) is 0 Å². The van der Waals surface area contributed by atoms with Crippen LogP contribution in [0.3, 0.4) is 0 Å².